The molecular weight excluding hydrogens is 407 g/mol. The Kier molecular flexibility index (Phi) is 6.90. The summed E-state index contributed by atoms with van der Waals surface area (Å²) in [5, 5.41) is 11.2. The van der Waals surface area contributed by atoms with E-state index in [0.717, 1.165) is 48.0 Å². The molecule has 1 fully saturated rings. The molecule has 168 valence electrons. The lowest BCUT2D eigenvalue weighted by atomic mass is 9.97. The quantitative estimate of drug-likeness (QED) is 0.519. The van der Waals surface area contributed by atoms with Gasteiger partial charge in [0.2, 0.25) is 5.91 Å². The van der Waals surface area contributed by atoms with Gasteiger partial charge in [-0.25, -0.2) is 9.97 Å². The Balaban J connectivity index is 1.67. The average molecular weight is 437 g/mol. The van der Waals surface area contributed by atoms with Crippen molar-refractivity contribution in [2.24, 2.45) is 5.92 Å². The van der Waals surface area contributed by atoms with Gasteiger partial charge in [0.25, 0.3) is 0 Å². The minimum atomic E-state index is -0.510. The van der Waals surface area contributed by atoms with Crippen molar-refractivity contribution in [2.45, 2.75) is 39.2 Å². The first-order valence-electron chi connectivity index (χ1n) is 11.1. The van der Waals surface area contributed by atoms with Gasteiger partial charge < -0.3 is 16.0 Å². The van der Waals surface area contributed by atoms with Crippen LogP contribution in [-0.4, -0.2) is 46.7 Å². The van der Waals surface area contributed by atoms with E-state index in [1.807, 2.05) is 38.1 Å². The first-order valence-corrected chi connectivity index (χ1v) is 11.1. The molecule has 1 aromatic carbocycles. The number of nitrogens with zero attached hydrogens (tertiary/aromatic N) is 3. The maximum atomic E-state index is 13.2. The second kappa shape index (κ2) is 9.99. The molecule has 3 heterocycles. The zero-order valence-corrected chi connectivity index (χ0v) is 18.5. The van der Waals surface area contributed by atoms with E-state index in [0.29, 0.717) is 17.3 Å². The molecule has 0 saturated carbocycles. The topological polar surface area (TPSA) is 91.8 Å². The van der Waals surface area contributed by atoms with E-state index in [2.05, 4.69) is 30.9 Å². The van der Waals surface area contributed by atoms with Gasteiger partial charge in [-0.3, -0.25) is 14.2 Å². The van der Waals surface area contributed by atoms with Crippen LogP contribution in [0.5, 0.6) is 0 Å². The monoisotopic (exact) mass is 436 g/mol. The molecular formula is C24H29FN6O. The number of carbonyl (C=O) groups is 1. The summed E-state index contributed by atoms with van der Waals surface area (Å²) in [5.74, 6) is 1.11. The number of benzene rings is 1. The molecule has 0 unspecified atom stereocenters. The van der Waals surface area contributed by atoms with Gasteiger partial charge in [0.15, 0.2) is 0 Å². The third-order valence-electron chi connectivity index (χ3n) is 5.57. The lowest BCUT2D eigenvalue weighted by Crippen LogP contribution is -2.34. The second-order valence-corrected chi connectivity index (χ2v) is 8.43. The molecule has 0 bridgehead atoms. The second-order valence-electron chi connectivity index (χ2n) is 8.43. The van der Waals surface area contributed by atoms with Gasteiger partial charge in [-0.1, -0.05) is 12.1 Å². The van der Waals surface area contributed by atoms with E-state index >= 15 is 0 Å². The minimum absolute atomic E-state index is 0.0287. The number of halogens is 1. The summed E-state index contributed by atoms with van der Waals surface area (Å²) in [4.78, 5) is 26.2. The van der Waals surface area contributed by atoms with Crippen LogP contribution in [0.2, 0.25) is 0 Å². The maximum absolute atomic E-state index is 13.2. The van der Waals surface area contributed by atoms with Crippen molar-refractivity contribution >= 4 is 28.3 Å². The third-order valence-corrected chi connectivity index (χ3v) is 5.57. The normalized spacial score (nSPS) is 14.6. The largest absolute Gasteiger partial charge is 0.367 e. The number of piperidine rings is 1. The van der Waals surface area contributed by atoms with Gasteiger partial charge >= 0.3 is 0 Å². The lowest BCUT2D eigenvalue weighted by Gasteiger charge is -2.21. The van der Waals surface area contributed by atoms with Crippen molar-refractivity contribution in [2.75, 3.05) is 30.4 Å². The number of alkyl halides is 1. The molecule has 8 heteroatoms. The predicted molar refractivity (Wildman–Crippen MR) is 125 cm³/mol. The van der Waals surface area contributed by atoms with Crippen LogP contribution in [0, 0.1) is 5.92 Å². The summed E-state index contributed by atoms with van der Waals surface area (Å²) in [7, 11) is 0. The predicted octanol–water partition coefficient (Wildman–Crippen LogP) is 3.96. The molecule has 1 aliphatic rings. The SMILES string of the molecule is CC(C)Nc1cncc(-c2ccc3c(CCF)nc(NC(=O)C4CCNCC4)cc3c2)n1. The Labute approximate surface area is 187 Å². The van der Waals surface area contributed by atoms with Crippen molar-refractivity contribution in [3.05, 3.63) is 42.4 Å². The fourth-order valence-electron chi connectivity index (χ4n) is 4.02. The van der Waals surface area contributed by atoms with Crippen LogP contribution in [0.1, 0.15) is 32.4 Å². The summed E-state index contributed by atoms with van der Waals surface area (Å²) in [6.45, 7) is 5.26. The van der Waals surface area contributed by atoms with Crippen LogP contribution in [0.4, 0.5) is 16.0 Å². The molecule has 0 spiro atoms. The summed E-state index contributed by atoms with van der Waals surface area (Å²) in [6.07, 6.45) is 5.22. The molecule has 1 saturated heterocycles. The summed E-state index contributed by atoms with van der Waals surface area (Å²) < 4.78 is 13.2. The smallest absolute Gasteiger partial charge is 0.228 e. The first-order chi connectivity index (χ1) is 15.5. The lowest BCUT2D eigenvalue weighted by molar-refractivity contribution is -0.120. The van der Waals surface area contributed by atoms with Gasteiger partial charge in [0.1, 0.15) is 11.6 Å². The Morgan fingerprint density at radius 3 is 2.72 bits per heavy atom. The molecule has 0 aliphatic carbocycles. The van der Waals surface area contributed by atoms with E-state index in [-0.39, 0.29) is 24.3 Å². The summed E-state index contributed by atoms with van der Waals surface area (Å²) >= 11 is 0. The molecule has 0 radical (unpaired) electrons. The number of hydrogen-bond donors (Lipinski definition) is 3. The Hall–Kier alpha value is -3.13. The highest BCUT2D eigenvalue weighted by molar-refractivity contribution is 5.96. The van der Waals surface area contributed by atoms with Gasteiger partial charge in [-0.05, 0) is 57.3 Å². The highest BCUT2D eigenvalue weighted by atomic mass is 19.1. The Bertz CT molecular complexity index is 1100. The van der Waals surface area contributed by atoms with Crippen molar-refractivity contribution in [1.29, 1.82) is 0 Å². The Morgan fingerprint density at radius 1 is 1.16 bits per heavy atom. The number of amides is 1. The molecule has 2 aromatic heterocycles. The zero-order chi connectivity index (χ0) is 22.5. The molecule has 1 aliphatic heterocycles. The number of rotatable bonds is 7. The van der Waals surface area contributed by atoms with Crippen molar-refractivity contribution in [3.8, 4) is 11.3 Å². The minimum Gasteiger partial charge on any atom is -0.367 e. The standard InChI is InChI=1S/C24H29FN6O/c1-15(2)28-23-14-27-13-21(30-23)17-3-4-19-18(11-17)12-22(29-20(19)5-8-25)31-24(32)16-6-9-26-10-7-16/h3-4,11-16,26H,5-10H2,1-2H3,(H,28,30)(H,29,31,32). The fraction of sp³-hybridized carbons (Fsp3) is 0.417. The number of hydrogen-bond acceptors (Lipinski definition) is 6. The van der Waals surface area contributed by atoms with Crippen LogP contribution in [0.3, 0.4) is 0 Å². The number of aryl methyl sites for hydroxylation is 1. The van der Waals surface area contributed by atoms with Gasteiger partial charge in [0.05, 0.1) is 30.5 Å². The van der Waals surface area contributed by atoms with Crippen molar-refractivity contribution in [1.82, 2.24) is 20.3 Å². The number of aromatic nitrogens is 3. The zero-order valence-electron chi connectivity index (χ0n) is 18.5. The molecule has 1 amide bonds. The molecule has 32 heavy (non-hydrogen) atoms. The molecule has 4 rings (SSSR count). The van der Waals surface area contributed by atoms with Crippen LogP contribution in [-0.2, 0) is 11.2 Å². The van der Waals surface area contributed by atoms with Crippen LogP contribution in [0.25, 0.3) is 22.0 Å². The molecule has 3 N–H and O–H groups in total. The van der Waals surface area contributed by atoms with Crippen molar-refractivity contribution in [3.63, 3.8) is 0 Å². The van der Waals surface area contributed by atoms with Gasteiger partial charge in [-0.15, -0.1) is 0 Å². The number of carbonyl (C=O) groups excluding carboxylic acids is 1. The van der Waals surface area contributed by atoms with E-state index in [9.17, 15) is 9.18 Å². The summed E-state index contributed by atoms with van der Waals surface area (Å²) in [5.41, 5.74) is 2.27. The van der Waals surface area contributed by atoms with Crippen LogP contribution < -0.4 is 16.0 Å². The van der Waals surface area contributed by atoms with Crippen molar-refractivity contribution < 1.29 is 9.18 Å². The van der Waals surface area contributed by atoms with Crippen LogP contribution >= 0.6 is 0 Å². The third kappa shape index (κ3) is 5.19. The molecule has 3 aromatic rings. The van der Waals surface area contributed by atoms with Gasteiger partial charge in [-0.2, -0.15) is 0 Å². The number of fused-ring (bicyclic) bond motifs is 1. The fourth-order valence-corrected chi connectivity index (χ4v) is 4.02. The van der Waals surface area contributed by atoms with E-state index < -0.39 is 6.67 Å². The highest BCUT2D eigenvalue weighted by Gasteiger charge is 2.21. The number of pyridine rings is 1. The number of nitrogens with one attached hydrogen (secondary N) is 3. The maximum Gasteiger partial charge on any atom is 0.228 e. The average Bonchev–Trinajstić information content (AvgIpc) is 2.79. The van der Waals surface area contributed by atoms with E-state index in [1.54, 1.807) is 12.4 Å². The van der Waals surface area contributed by atoms with E-state index in [1.165, 1.54) is 0 Å². The first kappa shape index (κ1) is 22.1. The Morgan fingerprint density at radius 2 is 1.97 bits per heavy atom. The van der Waals surface area contributed by atoms with Gasteiger partial charge in [0, 0.05) is 29.3 Å². The highest BCUT2D eigenvalue weighted by Crippen LogP contribution is 2.28. The molecule has 0 atom stereocenters. The van der Waals surface area contributed by atoms with Crippen LogP contribution in [0.15, 0.2) is 36.7 Å². The van der Waals surface area contributed by atoms with E-state index in [4.69, 9.17) is 0 Å². The summed E-state index contributed by atoms with van der Waals surface area (Å²) in [6, 6.07) is 7.97. The molecule has 7 nitrogen and oxygen atoms in total. The number of anilines is 2.